The number of hydrogen-bond acceptors (Lipinski definition) is 4. The molecule has 1 aromatic heterocycles. The van der Waals surface area contributed by atoms with Gasteiger partial charge in [0.25, 0.3) is 0 Å². The number of nitrogens with zero attached hydrogens (tertiary/aromatic N) is 3. The van der Waals surface area contributed by atoms with Crippen LogP contribution in [0.5, 0.6) is 5.75 Å². The summed E-state index contributed by atoms with van der Waals surface area (Å²) in [5.41, 5.74) is 2.13. The van der Waals surface area contributed by atoms with Crippen molar-refractivity contribution >= 4 is 15.9 Å². The summed E-state index contributed by atoms with van der Waals surface area (Å²) < 4.78 is 7.97. The predicted octanol–water partition coefficient (Wildman–Crippen LogP) is 2.29. The second kappa shape index (κ2) is 6.16. The summed E-state index contributed by atoms with van der Waals surface area (Å²) in [5, 5.41) is 11.3. The van der Waals surface area contributed by atoms with Crippen LogP contribution >= 0.6 is 15.9 Å². The van der Waals surface area contributed by atoms with Gasteiger partial charge in [-0.15, -0.1) is 5.10 Å². The van der Waals surface area contributed by atoms with Gasteiger partial charge in [0.1, 0.15) is 5.75 Å². The SMILES string of the molecule is CCOc1ccc(C(NC)c2c(Br)nnn2C)cc1. The van der Waals surface area contributed by atoms with Gasteiger partial charge in [0.15, 0.2) is 4.60 Å². The first-order chi connectivity index (χ1) is 9.17. The number of benzene rings is 1. The number of rotatable bonds is 5. The van der Waals surface area contributed by atoms with Gasteiger partial charge in [-0.1, -0.05) is 17.3 Å². The highest BCUT2D eigenvalue weighted by Crippen LogP contribution is 2.27. The highest BCUT2D eigenvalue weighted by molar-refractivity contribution is 9.10. The molecule has 6 heteroatoms. The van der Waals surface area contributed by atoms with E-state index < -0.39 is 0 Å². The monoisotopic (exact) mass is 324 g/mol. The molecule has 1 aromatic carbocycles. The molecule has 0 spiro atoms. The first-order valence-corrected chi connectivity index (χ1v) is 6.91. The molecule has 5 nitrogen and oxygen atoms in total. The molecule has 0 fully saturated rings. The first-order valence-electron chi connectivity index (χ1n) is 6.12. The Labute approximate surface area is 121 Å². The van der Waals surface area contributed by atoms with Gasteiger partial charge in [0.05, 0.1) is 18.3 Å². The summed E-state index contributed by atoms with van der Waals surface area (Å²) >= 11 is 3.44. The van der Waals surface area contributed by atoms with E-state index in [0.717, 1.165) is 21.6 Å². The zero-order chi connectivity index (χ0) is 13.8. The molecule has 0 aliphatic rings. The average molecular weight is 325 g/mol. The lowest BCUT2D eigenvalue weighted by molar-refractivity contribution is 0.340. The summed E-state index contributed by atoms with van der Waals surface area (Å²) in [6.07, 6.45) is 0. The van der Waals surface area contributed by atoms with Gasteiger partial charge >= 0.3 is 0 Å². The van der Waals surface area contributed by atoms with Crippen molar-refractivity contribution in [2.75, 3.05) is 13.7 Å². The van der Waals surface area contributed by atoms with Crippen LogP contribution in [0.2, 0.25) is 0 Å². The summed E-state index contributed by atoms with van der Waals surface area (Å²) in [6, 6.07) is 8.07. The molecule has 2 rings (SSSR count). The first kappa shape index (κ1) is 14.0. The third-order valence-corrected chi connectivity index (χ3v) is 3.48. The van der Waals surface area contributed by atoms with Crippen molar-refractivity contribution in [2.45, 2.75) is 13.0 Å². The van der Waals surface area contributed by atoms with E-state index in [0.29, 0.717) is 6.61 Å². The topological polar surface area (TPSA) is 52.0 Å². The molecule has 0 radical (unpaired) electrons. The maximum Gasteiger partial charge on any atom is 0.153 e. The molecule has 0 amide bonds. The van der Waals surface area contributed by atoms with Gasteiger partial charge in [-0.2, -0.15) is 0 Å². The van der Waals surface area contributed by atoms with E-state index in [4.69, 9.17) is 4.74 Å². The molecule has 102 valence electrons. The van der Waals surface area contributed by atoms with Crippen molar-refractivity contribution in [2.24, 2.45) is 7.05 Å². The molecule has 0 aliphatic heterocycles. The minimum absolute atomic E-state index is 0.0325. The van der Waals surface area contributed by atoms with Gasteiger partial charge in [0, 0.05) is 7.05 Å². The van der Waals surface area contributed by atoms with Crippen LogP contribution in [-0.2, 0) is 7.05 Å². The second-order valence-electron chi connectivity index (χ2n) is 4.11. The largest absolute Gasteiger partial charge is 0.494 e. The third kappa shape index (κ3) is 2.96. The molecule has 19 heavy (non-hydrogen) atoms. The Bertz CT molecular complexity index is 519. The van der Waals surface area contributed by atoms with Crippen molar-refractivity contribution in [3.63, 3.8) is 0 Å². The highest BCUT2D eigenvalue weighted by Gasteiger charge is 2.20. The van der Waals surface area contributed by atoms with E-state index in [-0.39, 0.29) is 6.04 Å². The molecular formula is C13H17BrN4O. The molecule has 1 unspecified atom stereocenters. The molecule has 1 N–H and O–H groups in total. The summed E-state index contributed by atoms with van der Waals surface area (Å²) in [6.45, 7) is 2.65. The Balaban J connectivity index is 2.32. The van der Waals surface area contributed by atoms with Crippen LogP contribution in [0.1, 0.15) is 24.2 Å². The molecule has 0 bridgehead atoms. The Morgan fingerprint density at radius 2 is 2.05 bits per heavy atom. The van der Waals surface area contributed by atoms with Crippen molar-refractivity contribution in [1.82, 2.24) is 20.3 Å². The standard InChI is InChI=1S/C13H17BrN4O/c1-4-19-10-7-5-9(6-8-10)11(15-2)12-13(14)16-17-18(12)3/h5-8,11,15H,4H2,1-3H3. The third-order valence-electron chi connectivity index (χ3n) is 2.91. The van der Waals surface area contributed by atoms with Crippen LogP contribution in [0.3, 0.4) is 0 Å². The predicted molar refractivity (Wildman–Crippen MR) is 77.2 cm³/mol. The summed E-state index contributed by atoms with van der Waals surface area (Å²) in [4.78, 5) is 0. The molecule has 1 heterocycles. The van der Waals surface area contributed by atoms with Gasteiger partial charge in [-0.05, 0) is 47.6 Å². The van der Waals surface area contributed by atoms with Crippen LogP contribution in [0.4, 0.5) is 0 Å². The van der Waals surface area contributed by atoms with Crippen LogP contribution < -0.4 is 10.1 Å². The zero-order valence-electron chi connectivity index (χ0n) is 11.2. The average Bonchev–Trinajstić information content (AvgIpc) is 2.74. The number of hydrogen-bond donors (Lipinski definition) is 1. The van der Waals surface area contributed by atoms with Crippen LogP contribution in [0, 0.1) is 0 Å². The van der Waals surface area contributed by atoms with E-state index in [2.05, 4.69) is 31.6 Å². The zero-order valence-corrected chi connectivity index (χ0v) is 12.8. The smallest absolute Gasteiger partial charge is 0.153 e. The molecule has 0 saturated carbocycles. The van der Waals surface area contributed by atoms with E-state index in [9.17, 15) is 0 Å². The fourth-order valence-electron chi connectivity index (χ4n) is 2.03. The summed E-state index contributed by atoms with van der Waals surface area (Å²) in [7, 11) is 3.80. The van der Waals surface area contributed by atoms with Gasteiger partial charge < -0.3 is 10.1 Å². The van der Waals surface area contributed by atoms with Crippen LogP contribution in [0.15, 0.2) is 28.9 Å². The van der Waals surface area contributed by atoms with Crippen LogP contribution in [0.25, 0.3) is 0 Å². The molecule has 1 atom stereocenters. The molecule has 2 aromatic rings. The van der Waals surface area contributed by atoms with Crippen molar-refractivity contribution in [3.8, 4) is 5.75 Å². The summed E-state index contributed by atoms with van der Waals surface area (Å²) in [5.74, 6) is 0.878. The Morgan fingerprint density at radius 1 is 1.37 bits per heavy atom. The van der Waals surface area contributed by atoms with Crippen molar-refractivity contribution in [3.05, 3.63) is 40.1 Å². The van der Waals surface area contributed by atoms with E-state index in [1.165, 1.54) is 0 Å². The molecular weight excluding hydrogens is 308 g/mol. The quantitative estimate of drug-likeness (QED) is 0.916. The Morgan fingerprint density at radius 3 is 2.53 bits per heavy atom. The molecule has 0 saturated heterocycles. The lowest BCUT2D eigenvalue weighted by atomic mass is 10.0. The number of aromatic nitrogens is 3. The second-order valence-corrected chi connectivity index (χ2v) is 4.86. The van der Waals surface area contributed by atoms with Gasteiger partial charge in [-0.25, -0.2) is 4.68 Å². The van der Waals surface area contributed by atoms with E-state index in [1.54, 1.807) is 4.68 Å². The number of nitrogens with one attached hydrogen (secondary N) is 1. The Kier molecular flexibility index (Phi) is 4.55. The maximum absolute atomic E-state index is 5.45. The van der Waals surface area contributed by atoms with Crippen molar-refractivity contribution < 1.29 is 4.74 Å². The Hall–Kier alpha value is -1.40. The van der Waals surface area contributed by atoms with E-state index >= 15 is 0 Å². The fraction of sp³-hybridized carbons (Fsp3) is 0.385. The maximum atomic E-state index is 5.45. The van der Waals surface area contributed by atoms with Gasteiger partial charge in [-0.3, -0.25) is 0 Å². The lowest BCUT2D eigenvalue weighted by Crippen LogP contribution is -2.21. The van der Waals surface area contributed by atoms with Crippen molar-refractivity contribution in [1.29, 1.82) is 0 Å². The minimum atomic E-state index is 0.0325. The number of aryl methyl sites for hydroxylation is 1. The number of ether oxygens (including phenoxy) is 1. The normalized spacial score (nSPS) is 12.4. The van der Waals surface area contributed by atoms with Crippen LogP contribution in [-0.4, -0.2) is 28.6 Å². The number of halogens is 1. The fourth-order valence-corrected chi connectivity index (χ4v) is 2.59. The highest BCUT2D eigenvalue weighted by atomic mass is 79.9. The van der Waals surface area contributed by atoms with Gasteiger partial charge in [0.2, 0.25) is 0 Å². The minimum Gasteiger partial charge on any atom is -0.494 e. The molecule has 0 aliphatic carbocycles. The van der Waals surface area contributed by atoms with E-state index in [1.807, 2.05) is 45.3 Å². The lowest BCUT2D eigenvalue weighted by Gasteiger charge is -2.17.